The molecule has 1 aliphatic rings. The molecule has 1 heterocycles. The summed E-state index contributed by atoms with van der Waals surface area (Å²) in [6.07, 6.45) is 1.03. The zero-order valence-corrected chi connectivity index (χ0v) is 17.7. The van der Waals surface area contributed by atoms with Crippen LogP contribution in [-0.4, -0.2) is 39.2 Å². The molecule has 0 saturated carbocycles. The quantitative estimate of drug-likeness (QED) is 0.565. The van der Waals surface area contributed by atoms with Gasteiger partial charge >= 0.3 is 0 Å². The Kier molecular flexibility index (Phi) is 7.13. The average molecular weight is 411 g/mol. The van der Waals surface area contributed by atoms with Gasteiger partial charge in [0.05, 0.1) is 18.7 Å². The summed E-state index contributed by atoms with van der Waals surface area (Å²) in [5, 5.41) is 5.77. The van der Waals surface area contributed by atoms with E-state index in [0.29, 0.717) is 13.2 Å². The number of hydrogen-bond donors (Lipinski definition) is 1. The summed E-state index contributed by atoms with van der Waals surface area (Å²) < 4.78 is 11.5. The topological polar surface area (TPSA) is 42.9 Å². The normalized spacial score (nSPS) is 13.0. The van der Waals surface area contributed by atoms with E-state index >= 15 is 0 Å². The van der Waals surface area contributed by atoms with Crippen LogP contribution in [0.1, 0.15) is 18.1 Å². The molecule has 29 heavy (non-hydrogen) atoms. The number of benzene rings is 3. The third-order valence-corrected chi connectivity index (χ3v) is 5.12. The first kappa shape index (κ1) is 21.2. The molecule has 5 heteroatoms. The lowest BCUT2D eigenvalue weighted by Crippen LogP contribution is -2.21. The van der Waals surface area contributed by atoms with Crippen LogP contribution in [-0.2, 0) is 11.2 Å². The van der Waals surface area contributed by atoms with Gasteiger partial charge < -0.3 is 14.8 Å². The number of halogens is 1. The average Bonchev–Trinajstić information content (AvgIpc) is 3.28. The Morgan fingerprint density at radius 3 is 2.52 bits per heavy atom. The molecule has 0 atom stereocenters. The van der Waals surface area contributed by atoms with Crippen molar-refractivity contribution in [3.8, 4) is 16.9 Å². The summed E-state index contributed by atoms with van der Waals surface area (Å²) in [5.41, 5.74) is 4.61. The molecule has 0 bridgehead atoms. The molecule has 1 N–H and O–H groups in total. The maximum Gasteiger partial charge on any atom is 0.138 e. The summed E-state index contributed by atoms with van der Waals surface area (Å²) >= 11 is 0. The smallest absolute Gasteiger partial charge is 0.138 e. The number of methoxy groups -OCH3 is 1. The third-order valence-electron chi connectivity index (χ3n) is 5.12. The lowest BCUT2D eigenvalue weighted by atomic mass is 9.93. The number of rotatable bonds is 7. The predicted octanol–water partition coefficient (Wildman–Crippen LogP) is 4.87. The van der Waals surface area contributed by atoms with E-state index in [9.17, 15) is 0 Å². The molecule has 0 aliphatic carbocycles. The Morgan fingerprint density at radius 1 is 1.03 bits per heavy atom. The fraction of sp³-hybridized carbons (Fsp3) is 0.292. The molecule has 0 unspecified atom stereocenters. The van der Waals surface area contributed by atoms with E-state index < -0.39 is 0 Å². The number of aryl methyl sites for hydroxylation is 1. The third kappa shape index (κ3) is 4.39. The Hall–Kier alpha value is -2.56. The molecule has 3 aromatic carbocycles. The first-order valence-corrected chi connectivity index (χ1v) is 9.87. The van der Waals surface area contributed by atoms with Gasteiger partial charge in [0, 0.05) is 19.2 Å². The van der Waals surface area contributed by atoms with Gasteiger partial charge in [-0.3, -0.25) is 4.99 Å². The second-order valence-electron chi connectivity index (χ2n) is 6.90. The fourth-order valence-corrected chi connectivity index (χ4v) is 3.65. The zero-order chi connectivity index (χ0) is 19.3. The van der Waals surface area contributed by atoms with Crippen LogP contribution in [0.15, 0.2) is 59.6 Å². The number of amidine groups is 1. The molecule has 0 radical (unpaired) electrons. The van der Waals surface area contributed by atoms with Gasteiger partial charge in [0.1, 0.15) is 18.2 Å². The molecular weight excluding hydrogens is 384 g/mol. The second-order valence-corrected chi connectivity index (χ2v) is 6.90. The van der Waals surface area contributed by atoms with Crippen LogP contribution >= 0.6 is 12.4 Å². The molecule has 0 fully saturated rings. The van der Waals surface area contributed by atoms with Gasteiger partial charge in [0.2, 0.25) is 0 Å². The Bertz CT molecular complexity index is 1000. The summed E-state index contributed by atoms with van der Waals surface area (Å²) in [4.78, 5) is 4.66. The SMILES string of the molecule is CCc1ccc(-c2c(OCCOC)c(C3=NCCN3)cc3ccccc23)cc1.Cl. The van der Waals surface area contributed by atoms with Crippen molar-refractivity contribution in [2.75, 3.05) is 33.4 Å². The standard InChI is InChI=1S/C24H26N2O2.ClH/c1-3-17-8-10-18(11-9-17)22-20-7-5-4-6-19(20)16-21(24-25-12-13-26-24)23(22)28-15-14-27-2;/h4-11,16H,3,12-15H2,1-2H3,(H,25,26);1H. The van der Waals surface area contributed by atoms with E-state index in [4.69, 9.17) is 9.47 Å². The van der Waals surface area contributed by atoms with Gasteiger partial charge in [-0.05, 0) is 34.4 Å². The van der Waals surface area contributed by atoms with Crippen LogP contribution < -0.4 is 10.1 Å². The van der Waals surface area contributed by atoms with E-state index in [1.807, 2.05) is 0 Å². The molecule has 152 valence electrons. The first-order valence-electron chi connectivity index (χ1n) is 9.87. The van der Waals surface area contributed by atoms with Crippen molar-refractivity contribution in [3.05, 3.63) is 65.7 Å². The molecule has 0 amide bonds. The molecule has 3 aromatic rings. The first-order chi connectivity index (χ1) is 13.8. The highest BCUT2D eigenvalue weighted by Gasteiger charge is 2.21. The zero-order valence-electron chi connectivity index (χ0n) is 16.9. The number of fused-ring (bicyclic) bond motifs is 1. The summed E-state index contributed by atoms with van der Waals surface area (Å²) in [6.45, 7) is 4.87. The highest BCUT2D eigenvalue weighted by Crippen LogP contribution is 2.40. The van der Waals surface area contributed by atoms with Crippen LogP contribution in [0.5, 0.6) is 5.75 Å². The van der Waals surface area contributed by atoms with Crippen LogP contribution in [0, 0.1) is 0 Å². The van der Waals surface area contributed by atoms with E-state index in [1.165, 1.54) is 16.3 Å². The van der Waals surface area contributed by atoms with Crippen molar-refractivity contribution in [3.63, 3.8) is 0 Å². The monoisotopic (exact) mass is 410 g/mol. The number of hydrogen-bond acceptors (Lipinski definition) is 4. The van der Waals surface area contributed by atoms with E-state index in [0.717, 1.165) is 47.8 Å². The van der Waals surface area contributed by atoms with Gasteiger partial charge in [-0.25, -0.2) is 0 Å². The minimum Gasteiger partial charge on any atom is -0.490 e. The number of nitrogens with one attached hydrogen (secondary N) is 1. The van der Waals surface area contributed by atoms with Crippen molar-refractivity contribution in [1.29, 1.82) is 0 Å². The minimum atomic E-state index is 0. The molecule has 4 rings (SSSR count). The molecular formula is C24H27ClN2O2. The number of aliphatic imine (C=N–C) groups is 1. The lowest BCUT2D eigenvalue weighted by molar-refractivity contribution is 0.146. The summed E-state index contributed by atoms with van der Waals surface area (Å²) in [5.74, 6) is 1.78. The van der Waals surface area contributed by atoms with Crippen LogP contribution in [0.2, 0.25) is 0 Å². The van der Waals surface area contributed by atoms with Crippen molar-refractivity contribution < 1.29 is 9.47 Å². The molecule has 4 nitrogen and oxygen atoms in total. The number of nitrogens with zero attached hydrogens (tertiary/aromatic N) is 1. The fourth-order valence-electron chi connectivity index (χ4n) is 3.65. The maximum absolute atomic E-state index is 6.29. The maximum atomic E-state index is 6.29. The van der Waals surface area contributed by atoms with Gasteiger partial charge in [-0.2, -0.15) is 0 Å². The van der Waals surface area contributed by atoms with Crippen molar-refractivity contribution in [1.82, 2.24) is 5.32 Å². The van der Waals surface area contributed by atoms with Gasteiger partial charge in [0.15, 0.2) is 0 Å². The summed E-state index contributed by atoms with van der Waals surface area (Å²) in [6, 6.07) is 19.4. The Labute approximate surface area is 178 Å². The second kappa shape index (κ2) is 9.77. The van der Waals surface area contributed by atoms with Crippen LogP contribution in [0.3, 0.4) is 0 Å². The largest absolute Gasteiger partial charge is 0.490 e. The highest BCUT2D eigenvalue weighted by molar-refractivity contribution is 6.11. The van der Waals surface area contributed by atoms with Crippen molar-refractivity contribution >= 4 is 29.0 Å². The Morgan fingerprint density at radius 2 is 1.83 bits per heavy atom. The van der Waals surface area contributed by atoms with Gasteiger partial charge in [-0.15, -0.1) is 12.4 Å². The van der Waals surface area contributed by atoms with E-state index in [-0.39, 0.29) is 12.4 Å². The van der Waals surface area contributed by atoms with Crippen molar-refractivity contribution in [2.45, 2.75) is 13.3 Å². The van der Waals surface area contributed by atoms with Gasteiger partial charge in [-0.1, -0.05) is 55.5 Å². The summed E-state index contributed by atoms with van der Waals surface area (Å²) in [7, 11) is 1.69. The number of ether oxygens (including phenoxy) is 2. The van der Waals surface area contributed by atoms with E-state index in [2.05, 4.69) is 71.8 Å². The van der Waals surface area contributed by atoms with Gasteiger partial charge in [0.25, 0.3) is 0 Å². The molecule has 1 aliphatic heterocycles. The van der Waals surface area contributed by atoms with Crippen molar-refractivity contribution in [2.24, 2.45) is 4.99 Å². The molecule has 0 spiro atoms. The minimum absolute atomic E-state index is 0. The molecule has 0 aromatic heterocycles. The lowest BCUT2D eigenvalue weighted by Gasteiger charge is -2.19. The Balaban J connectivity index is 0.00000240. The molecule has 0 saturated heterocycles. The van der Waals surface area contributed by atoms with Crippen LogP contribution in [0.4, 0.5) is 0 Å². The van der Waals surface area contributed by atoms with E-state index in [1.54, 1.807) is 7.11 Å². The highest BCUT2D eigenvalue weighted by atomic mass is 35.5. The van der Waals surface area contributed by atoms with Crippen LogP contribution in [0.25, 0.3) is 21.9 Å². The predicted molar refractivity (Wildman–Crippen MR) is 123 cm³/mol.